The van der Waals surface area contributed by atoms with E-state index >= 15 is 0 Å². The molecule has 1 heterocycles. The summed E-state index contributed by atoms with van der Waals surface area (Å²) in [4.78, 5) is 7.69. The molecule has 0 aliphatic rings. The van der Waals surface area contributed by atoms with Crippen molar-refractivity contribution in [3.63, 3.8) is 0 Å². The van der Waals surface area contributed by atoms with Gasteiger partial charge in [0, 0.05) is 11.6 Å². The highest BCUT2D eigenvalue weighted by molar-refractivity contribution is 6.32. The van der Waals surface area contributed by atoms with E-state index in [9.17, 15) is 8.78 Å². The lowest BCUT2D eigenvalue weighted by atomic mass is 10.1. The average Bonchev–Trinajstić information content (AvgIpc) is 2.27. The molecule has 0 unspecified atom stereocenters. The van der Waals surface area contributed by atoms with E-state index in [0.717, 1.165) is 0 Å². The van der Waals surface area contributed by atoms with Gasteiger partial charge < -0.3 is 4.74 Å². The summed E-state index contributed by atoms with van der Waals surface area (Å²) in [6.07, 6.45) is 0. The summed E-state index contributed by atoms with van der Waals surface area (Å²) >= 11 is 11.4. The molecular weight excluding hydrogens is 285 g/mol. The predicted molar refractivity (Wildman–Crippen MR) is 64.1 cm³/mol. The minimum absolute atomic E-state index is 0.0189. The monoisotopic (exact) mass is 290 g/mol. The fraction of sp³-hybridized carbons (Fsp3) is 0.0909. The van der Waals surface area contributed by atoms with Gasteiger partial charge in [-0.2, -0.15) is 8.78 Å². The molecule has 0 aliphatic heterocycles. The van der Waals surface area contributed by atoms with E-state index in [1.165, 1.54) is 18.2 Å². The minimum atomic E-state index is -2.85. The highest BCUT2D eigenvalue weighted by Crippen LogP contribution is 2.24. The molecule has 18 heavy (non-hydrogen) atoms. The Labute approximate surface area is 111 Å². The van der Waals surface area contributed by atoms with Gasteiger partial charge in [-0.1, -0.05) is 11.6 Å². The van der Waals surface area contributed by atoms with E-state index in [1.54, 1.807) is 12.1 Å². The first kappa shape index (κ1) is 13.0. The van der Waals surface area contributed by atoms with E-state index in [4.69, 9.17) is 23.2 Å². The van der Waals surface area contributed by atoms with Gasteiger partial charge in [-0.15, -0.1) is 0 Å². The topological polar surface area (TPSA) is 35.0 Å². The molecule has 0 N–H and O–H groups in total. The van der Waals surface area contributed by atoms with E-state index in [0.29, 0.717) is 11.3 Å². The third-order valence-electron chi connectivity index (χ3n) is 2.04. The van der Waals surface area contributed by atoms with Gasteiger partial charge in [-0.3, -0.25) is 0 Å². The molecule has 0 bridgehead atoms. The number of nitrogens with zero attached hydrogens (tertiary/aromatic N) is 2. The molecule has 0 fully saturated rings. The van der Waals surface area contributed by atoms with Crippen molar-refractivity contribution in [2.24, 2.45) is 0 Å². The predicted octanol–water partition coefficient (Wildman–Crippen LogP) is 4.05. The van der Waals surface area contributed by atoms with Crippen LogP contribution in [0.5, 0.6) is 5.75 Å². The van der Waals surface area contributed by atoms with Gasteiger partial charge in [0.15, 0.2) is 0 Å². The lowest BCUT2D eigenvalue weighted by Gasteiger charge is -2.05. The first-order valence-corrected chi connectivity index (χ1v) is 5.55. The molecule has 1 aromatic heterocycles. The number of alkyl halides is 2. The van der Waals surface area contributed by atoms with Crippen LogP contribution in [0.1, 0.15) is 0 Å². The number of rotatable bonds is 3. The molecule has 7 heteroatoms. The van der Waals surface area contributed by atoms with Crippen LogP contribution in [-0.4, -0.2) is 16.6 Å². The Kier molecular flexibility index (Phi) is 3.93. The van der Waals surface area contributed by atoms with Gasteiger partial charge >= 0.3 is 6.61 Å². The quantitative estimate of drug-likeness (QED) is 0.632. The summed E-state index contributed by atoms with van der Waals surface area (Å²) in [5.41, 5.74) is 1.17. The molecule has 94 valence electrons. The summed E-state index contributed by atoms with van der Waals surface area (Å²) in [5, 5.41) is 0.225. The van der Waals surface area contributed by atoms with Crippen LogP contribution in [0, 0.1) is 0 Å². The van der Waals surface area contributed by atoms with Crippen molar-refractivity contribution in [3.05, 3.63) is 40.8 Å². The second kappa shape index (κ2) is 5.46. The molecule has 2 aromatic rings. The van der Waals surface area contributed by atoms with Crippen molar-refractivity contribution in [2.75, 3.05) is 0 Å². The molecule has 0 spiro atoms. The maximum Gasteiger partial charge on any atom is 0.387 e. The van der Waals surface area contributed by atoms with Crippen molar-refractivity contribution in [3.8, 4) is 17.0 Å². The summed E-state index contributed by atoms with van der Waals surface area (Å²) in [7, 11) is 0. The van der Waals surface area contributed by atoms with Crippen LogP contribution < -0.4 is 4.74 Å². The summed E-state index contributed by atoms with van der Waals surface area (Å²) in [6, 6.07) is 7.49. The second-order valence-electron chi connectivity index (χ2n) is 3.25. The van der Waals surface area contributed by atoms with Gasteiger partial charge in [0.2, 0.25) is 5.28 Å². The Morgan fingerprint density at radius 1 is 1.06 bits per heavy atom. The van der Waals surface area contributed by atoms with Crippen LogP contribution in [-0.2, 0) is 0 Å². The highest BCUT2D eigenvalue weighted by atomic mass is 35.5. The molecule has 1 aromatic carbocycles. The number of hydrogen-bond donors (Lipinski definition) is 0. The van der Waals surface area contributed by atoms with Gasteiger partial charge in [-0.05, 0) is 35.9 Å². The van der Waals surface area contributed by atoms with Crippen LogP contribution in [0.3, 0.4) is 0 Å². The van der Waals surface area contributed by atoms with Crippen molar-refractivity contribution in [2.45, 2.75) is 6.61 Å². The Morgan fingerprint density at radius 2 is 1.72 bits per heavy atom. The lowest BCUT2D eigenvalue weighted by Crippen LogP contribution is -2.01. The van der Waals surface area contributed by atoms with Gasteiger partial charge in [0.25, 0.3) is 0 Å². The third kappa shape index (κ3) is 3.27. The Morgan fingerprint density at radius 3 is 2.28 bits per heavy atom. The second-order valence-corrected chi connectivity index (χ2v) is 3.97. The number of ether oxygens (including phenoxy) is 1. The van der Waals surface area contributed by atoms with E-state index in [1.807, 2.05) is 0 Å². The zero-order valence-electron chi connectivity index (χ0n) is 8.78. The van der Waals surface area contributed by atoms with Crippen LogP contribution in [0.4, 0.5) is 8.78 Å². The summed E-state index contributed by atoms with van der Waals surface area (Å²) in [6.45, 7) is -2.85. The Balaban J connectivity index is 2.28. The fourth-order valence-electron chi connectivity index (χ4n) is 1.34. The number of hydrogen-bond acceptors (Lipinski definition) is 3. The number of benzene rings is 1. The van der Waals surface area contributed by atoms with E-state index in [-0.39, 0.29) is 16.2 Å². The molecule has 0 saturated heterocycles. The summed E-state index contributed by atoms with van der Waals surface area (Å²) in [5.74, 6) is 0.0694. The van der Waals surface area contributed by atoms with Crippen LogP contribution in [0.2, 0.25) is 10.4 Å². The van der Waals surface area contributed by atoms with Crippen molar-refractivity contribution >= 4 is 23.2 Å². The lowest BCUT2D eigenvalue weighted by molar-refractivity contribution is -0.0498. The number of aromatic nitrogens is 2. The zero-order valence-corrected chi connectivity index (χ0v) is 10.3. The largest absolute Gasteiger partial charge is 0.435 e. The molecule has 0 radical (unpaired) electrons. The van der Waals surface area contributed by atoms with Crippen LogP contribution >= 0.6 is 23.2 Å². The van der Waals surface area contributed by atoms with Crippen LogP contribution in [0.15, 0.2) is 30.3 Å². The van der Waals surface area contributed by atoms with Crippen molar-refractivity contribution in [1.82, 2.24) is 9.97 Å². The molecule has 0 atom stereocenters. The SMILES string of the molecule is FC(F)Oc1ccc(-c2cc(Cl)nc(Cl)n2)cc1. The van der Waals surface area contributed by atoms with Crippen LogP contribution in [0.25, 0.3) is 11.3 Å². The first-order valence-electron chi connectivity index (χ1n) is 4.80. The smallest absolute Gasteiger partial charge is 0.387 e. The third-order valence-corrected chi connectivity index (χ3v) is 2.41. The molecular formula is C11H6Cl2F2N2O. The van der Waals surface area contributed by atoms with Gasteiger partial charge in [0.05, 0.1) is 5.69 Å². The molecule has 0 saturated carbocycles. The van der Waals surface area contributed by atoms with Gasteiger partial charge in [-0.25, -0.2) is 9.97 Å². The van der Waals surface area contributed by atoms with Crippen molar-refractivity contribution < 1.29 is 13.5 Å². The molecule has 2 rings (SSSR count). The van der Waals surface area contributed by atoms with E-state index < -0.39 is 6.61 Å². The maximum atomic E-state index is 12.0. The zero-order chi connectivity index (χ0) is 13.1. The summed E-state index contributed by atoms with van der Waals surface area (Å²) < 4.78 is 28.2. The normalized spacial score (nSPS) is 10.7. The Hall–Kier alpha value is -1.46. The fourth-order valence-corrected chi connectivity index (χ4v) is 1.75. The number of halogens is 4. The molecule has 0 aliphatic carbocycles. The van der Waals surface area contributed by atoms with Gasteiger partial charge in [0.1, 0.15) is 10.9 Å². The highest BCUT2D eigenvalue weighted by Gasteiger charge is 2.07. The molecule has 3 nitrogen and oxygen atoms in total. The first-order chi connectivity index (χ1) is 8.54. The maximum absolute atomic E-state index is 12.0. The van der Waals surface area contributed by atoms with E-state index in [2.05, 4.69) is 14.7 Å². The average molecular weight is 291 g/mol. The Bertz CT molecular complexity index is 529. The van der Waals surface area contributed by atoms with Crippen molar-refractivity contribution in [1.29, 1.82) is 0 Å². The molecule has 0 amide bonds. The minimum Gasteiger partial charge on any atom is -0.435 e. The standard InChI is InChI=1S/C11H6Cl2F2N2O/c12-9-5-8(16-10(13)17-9)6-1-3-7(4-2-6)18-11(14)15/h1-5,11H.